The number of carbonyl (C=O) groups is 2. The standard InChI is InChI=1S/C18H12Br2N2O3S/c19-13-6-4-11(5-7-13)17(24)25-9-16(23)22-18-21-15(10-26-18)12-2-1-3-14(20)8-12/h1-8,10H,9H2,(H,21,22,23). The highest BCUT2D eigenvalue weighted by Crippen LogP contribution is 2.26. The van der Waals surface area contributed by atoms with Crippen molar-refractivity contribution in [3.05, 3.63) is 68.4 Å². The lowest BCUT2D eigenvalue weighted by Crippen LogP contribution is -2.20. The molecule has 0 radical (unpaired) electrons. The van der Waals surface area contributed by atoms with Crippen LogP contribution in [-0.2, 0) is 9.53 Å². The van der Waals surface area contributed by atoms with E-state index >= 15 is 0 Å². The predicted molar refractivity (Wildman–Crippen MR) is 108 cm³/mol. The molecule has 0 bridgehead atoms. The lowest BCUT2D eigenvalue weighted by Gasteiger charge is -2.05. The molecule has 5 nitrogen and oxygen atoms in total. The lowest BCUT2D eigenvalue weighted by atomic mass is 10.2. The van der Waals surface area contributed by atoms with E-state index in [0.717, 1.165) is 20.2 Å². The molecule has 1 N–H and O–H groups in total. The molecule has 0 atom stereocenters. The number of hydrogen-bond acceptors (Lipinski definition) is 5. The first-order valence-electron chi connectivity index (χ1n) is 7.45. The molecule has 2 aromatic carbocycles. The van der Waals surface area contributed by atoms with Crippen LogP contribution < -0.4 is 5.32 Å². The summed E-state index contributed by atoms with van der Waals surface area (Å²) in [5.74, 6) is -0.993. The number of esters is 1. The van der Waals surface area contributed by atoms with Gasteiger partial charge in [0.25, 0.3) is 5.91 Å². The number of halogens is 2. The Morgan fingerprint density at radius 1 is 1.08 bits per heavy atom. The first-order chi connectivity index (χ1) is 12.5. The Balaban J connectivity index is 1.55. The van der Waals surface area contributed by atoms with Gasteiger partial charge in [0.2, 0.25) is 0 Å². The largest absolute Gasteiger partial charge is 0.452 e. The van der Waals surface area contributed by atoms with Crippen LogP contribution in [0.15, 0.2) is 62.9 Å². The van der Waals surface area contributed by atoms with Gasteiger partial charge in [0.15, 0.2) is 11.7 Å². The number of ether oxygens (including phenoxy) is 1. The Hall–Kier alpha value is -2.03. The molecule has 3 aromatic rings. The number of nitrogens with one attached hydrogen (secondary N) is 1. The Bertz CT molecular complexity index is 942. The average Bonchev–Trinajstić information content (AvgIpc) is 3.09. The van der Waals surface area contributed by atoms with E-state index in [1.165, 1.54) is 11.3 Å². The molecule has 0 aliphatic heterocycles. The minimum atomic E-state index is -0.554. The number of aromatic nitrogens is 1. The molecule has 1 heterocycles. The van der Waals surface area contributed by atoms with Crippen LogP contribution in [0, 0.1) is 0 Å². The summed E-state index contributed by atoms with van der Waals surface area (Å²) in [4.78, 5) is 28.2. The van der Waals surface area contributed by atoms with Crippen LogP contribution in [0.3, 0.4) is 0 Å². The van der Waals surface area contributed by atoms with Crippen molar-refractivity contribution in [3.63, 3.8) is 0 Å². The molecule has 0 unspecified atom stereocenters. The number of amides is 1. The van der Waals surface area contributed by atoms with Gasteiger partial charge in [-0.15, -0.1) is 11.3 Å². The van der Waals surface area contributed by atoms with Gasteiger partial charge < -0.3 is 4.74 Å². The number of benzene rings is 2. The van der Waals surface area contributed by atoms with Gasteiger partial charge >= 0.3 is 5.97 Å². The zero-order chi connectivity index (χ0) is 18.5. The first-order valence-corrected chi connectivity index (χ1v) is 9.92. The molecule has 3 rings (SSSR count). The van der Waals surface area contributed by atoms with Crippen LogP contribution in [0.4, 0.5) is 5.13 Å². The Labute approximate surface area is 170 Å². The highest BCUT2D eigenvalue weighted by molar-refractivity contribution is 9.10. The summed E-state index contributed by atoms with van der Waals surface area (Å²) >= 11 is 8.02. The van der Waals surface area contributed by atoms with Gasteiger partial charge in [-0.25, -0.2) is 9.78 Å². The third-order valence-corrected chi connectivity index (χ3v) is 5.06. The molecule has 0 aliphatic carbocycles. The van der Waals surface area contributed by atoms with Crippen molar-refractivity contribution in [2.75, 3.05) is 11.9 Å². The molecule has 1 amide bonds. The van der Waals surface area contributed by atoms with Crippen molar-refractivity contribution in [2.45, 2.75) is 0 Å². The molecule has 0 saturated carbocycles. The van der Waals surface area contributed by atoms with Crippen LogP contribution in [0.5, 0.6) is 0 Å². The van der Waals surface area contributed by atoms with E-state index in [1.807, 2.05) is 29.6 Å². The number of hydrogen-bond donors (Lipinski definition) is 1. The summed E-state index contributed by atoms with van der Waals surface area (Å²) in [6.07, 6.45) is 0. The van der Waals surface area contributed by atoms with E-state index in [-0.39, 0.29) is 6.61 Å². The van der Waals surface area contributed by atoms with Gasteiger partial charge in [0.1, 0.15) is 0 Å². The second kappa shape index (κ2) is 8.57. The molecule has 132 valence electrons. The highest BCUT2D eigenvalue weighted by Gasteiger charge is 2.12. The second-order valence-electron chi connectivity index (χ2n) is 5.18. The molecule has 1 aromatic heterocycles. The number of anilines is 1. The Kier molecular flexibility index (Phi) is 6.18. The van der Waals surface area contributed by atoms with Crippen molar-refractivity contribution >= 4 is 60.2 Å². The third-order valence-electron chi connectivity index (χ3n) is 3.29. The van der Waals surface area contributed by atoms with E-state index in [1.54, 1.807) is 24.3 Å². The normalized spacial score (nSPS) is 10.4. The number of rotatable bonds is 5. The number of thiazole rings is 1. The minimum absolute atomic E-state index is 0.374. The van der Waals surface area contributed by atoms with E-state index < -0.39 is 11.9 Å². The lowest BCUT2D eigenvalue weighted by molar-refractivity contribution is -0.119. The van der Waals surface area contributed by atoms with Gasteiger partial charge in [-0.1, -0.05) is 44.0 Å². The summed E-state index contributed by atoms with van der Waals surface area (Å²) in [5, 5.41) is 4.94. The number of nitrogens with zero attached hydrogens (tertiary/aromatic N) is 1. The van der Waals surface area contributed by atoms with Gasteiger partial charge in [-0.2, -0.15) is 0 Å². The summed E-state index contributed by atoms with van der Waals surface area (Å²) in [6, 6.07) is 14.4. The molecule has 0 saturated heterocycles. The smallest absolute Gasteiger partial charge is 0.338 e. The van der Waals surface area contributed by atoms with E-state index in [2.05, 4.69) is 42.2 Å². The molecular formula is C18H12Br2N2O3S. The molecule has 0 aliphatic rings. The quantitative estimate of drug-likeness (QED) is 0.498. The van der Waals surface area contributed by atoms with Crippen LogP contribution in [0.2, 0.25) is 0 Å². The Morgan fingerprint density at radius 3 is 2.58 bits per heavy atom. The van der Waals surface area contributed by atoms with Crippen molar-refractivity contribution in [1.82, 2.24) is 4.98 Å². The zero-order valence-electron chi connectivity index (χ0n) is 13.2. The van der Waals surface area contributed by atoms with Crippen LogP contribution in [-0.4, -0.2) is 23.5 Å². The van der Waals surface area contributed by atoms with Gasteiger partial charge in [-0.05, 0) is 36.4 Å². The summed E-state index contributed by atoms with van der Waals surface area (Å²) in [5.41, 5.74) is 2.09. The maximum Gasteiger partial charge on any atom is 0.338 e. The third kappa shape index (κ3) is 5.00. The molecule has 8 heteroatoms. The van der Waals surface area contributed by atoms with Crippen LogP contribution >= 0.6 is 43.2 Å². The molecule has 0 fully saturated rings. The van der Waals surface area contributed by atoms with Crippen LogP contribution in [0.25, 0.3) is 11.3 Å². The molecular weight excluding hydrogens is 484 g/mol. The maximum absolute atomic E-state index is 12.0. The fourth-order valence-corrected chi connectivity index (χ4v) is 3.47. The van der Waals surface area contributed by atoms with Gasteiger partial charge in [0, 0.05) is 19.9 Å². The topological polar surface area (TPSA) is 68.3 Å². The monoisotopic (exact) mass is 494 g/mol. The van der Waals surface area contributed by atoms with Crippen molar-refractivity contribution in [3.8, 4) is 11.3 Å². The second-order valence-corrected chi connectivity index (χ2v) is 7.87. The Morgan fingerprint density at radius 2 is 1.85 bits per heavy atom. The summed E-state index contributed by atoms with van der Waals surface area (Å²) in [7, 11) is 0. The zero-order valence-corrected chi connectivity index (χ0v) is 17.2. The van der Waals surface area contributed by atoms with Gasteiger partial charge in [0.05, 0.1) is 11.3 Å². The summed E-state index contributed by atoms with van der Waals surface area (Å²) < 4.78 is 6.82. The molecule has 0 spiro atoms. The predicted octanol–water partition coefficient (Wildman–Crippen LogP) is 5.13. The highest BCUT2D eigenvalue weighted by atomic mass is 79.9. The maximum atomic E-state index is 12.0. The fraction of sp³-hybridized carbons (Fsp3) is 0.0556. The van der Waals surface area contributed by atoms with Crippen LogP contribution in [0.1, 0.15) is 10.4 Å². The minimum Gasteiger partial charge on any atom is -0.452 e. The van der Waals surface area contributed by atoms with E-state index in [0.29, 0.717) is 10.7 Å². The fourth-order valence-electron chi connectivity index (χ4n) is 2.07. The van der Waals surface area contributed by atoms with Crippen molar-refractivity contribution < 1.29 is 14.3 Å². The SMILES string of the molecule is O=C(COC(=O)c1ccc(Br)cc1)Nc1nc(-c2cccc(Br)c2)cs1. The number of carbonyl (C=O) groups excluding carboxylic acids is 2. The van der Waals surface area contributed by atoms with E-state index in [4.69, 9.17) is 4.74 Å². The summed E-state index contributed by atoms with van der Waals surface area (Å²) in [6.45, 7) is -0.374. The van der Waals surface area contributed by atoms with Crippen molar-refractivity contribution in [1.29, 1.82) is 0 Å². The van der Waals surface area contributed by atoms with Gasteiger partial charge in [-0.3, -0.25) is 10.1 Å². The molecule has 26 heavy (non-hydrogen) atoms. The average molecular weight is 496 g/mol. The van der Waals surface area contributed by atoms with Crippen molar-refractivity contribution in [2.24, 2.45) is 0 Å². The first kappa shape index (κ1) is 18.8. The van der Waals surface area contributed by atoms with E-state index in [9.17, 15) is 9.59 Å².